The third-order valence-corrected chi connectivity index (χ3v) is 3.64. The van der Waals surface area contributed by atoms with Crippen molar-refractivity contribution < 1.29 is 9.53 Å². The topological polar surface area (TPSA) is 68.5 Å². The number of hydrogen-bond donors (Lipinski definition) is 1. The van der Waals surface area contributed by atoms with E-state index in [2.05, 4.69) is 4.98 Å². The zero-order valence-electron chi connectivity index (χ0n) is 10.9. The van der Waals surface area contributed by atoms with Crippen LogP contribution in [-0.4, -0.2) is 42.6 Å². The Hall–Kier alpha value is -1.33. The lowest BCUT2D eigenvalue weighted by atomic mass is 10.00. The van der Waals surface area contributed by atoms with Crippen molar-refractivity contribution in [3.05, 3.63) is 22.8 Å². The molecule has 6 heteroatoms. The van der Waals surface area contributed by atoms with Gasteiger partial charge in [-0.25, -0.2) is 4.98 Å². The van der Waals surface area contributed by atoms with Crippen LogP contribution < -0.4 is 5.73 Å². The van der Waals surface area contributed by atoms with Gasteiger partial charge < -0.3 is 15.4 Å². The van der Waals surface area contributed by atoms with E-state index in [0.29, 0.717) is 16.5 Å². The molecule has 1 aromatic heterocycles. The minimum atomic E-state index is -0.0825. The summed E-state index contributed by atoms with van der Waals surface area (Å²) in [4.78, 5) is 17.9. The van der Waals surface area contributed by atoms with Gasteiger partial charge in [-0.2, -0.15) is 0 Å². The summed E-state index contributed by atoms with van der Waals surface area (Å²) in [6, 6.07) is 1.56. The summed E-state index contributed by atoms with van der Waals surface area (Å²) >= 11 is 5.88. The zero-order chi connectivity index (χ0) is 13.8. The Labute approximate surface area is 117 Å². The lowest BCUT2D eigenvalue weighted by molar-refractivity contribution is 0.0497. The first-order chi connectivity index (χ1) is 9.08. The Morgan fingerprint density at radius 2 is 2.26 bits per heavy atom. The summed E-state index contributed by atoms with van der Waals surface area (Å²) < 4.78 is 5.31. The molecule has 104 valence electrons. The lowest BCUT2D eigenvalue weighted by Gasteiger charge is -2.27. The van der Waals surface area contributed by atoms with Crippen molar-refractivity contribution >= 4 is 23.3 Å². The predicted molar refractivity (Wildman–Crippen MR) is 74.2 cm³/mol. The fourth-order valence-electron chi connectivity index (χ4n) is 2.19. The molecule has 2 heterocycles. The Bertz CT molecular complexity index is 461. The maximum absolute atomic E-state index is 12.2. The molecular formula is C13H18ClN3O2. The van der Waals surface area contributed by atoms with Crippen LogP contribution in [0.1, 0.15) is 23.2 Å². The summed E-state index contributed by atoms with van der Waals surface area (Å²) in [5.41, 5.74) is 6.00. The van der Waals surface area contributed by atoms with E-state index in [1.807, 2.05) is 0 Å². The summed E-state index contributed by atoms with van der Waals surface area (Å²) in [5.74, 6) is 0.658. The molecule has 0 unspecified atom stereocenters. The summed E-state index contributed by atoms with van der Waals surface area (Å²) in [6.07, 6.45) is 3.46. The number of aromatic nitrogens is 1. The van der Waals surface area contributed by atoms with Crippen LogP contribution in [0.2, 0.25) is 5.02 Å². The van der Waals surface area contributed by atoms with Gasteiger partial charge in [0.15, 0.2) is 0 Å². The number of rotatable bonds is 3. The number of nitrogens with two attached hydrogens (primary N) is 1. The van der Waals surface area contributed by atoms with Gasteiger partial charge >= 0.3 is 0 Å². The first-order valence-corrected chi connectivity index (χ1v) is 6.70. The first kappa shape index (κ1) is 14.1. The fraction of sp³-hybridized carbons (Fsp3) is 0.538. The molecule has 1 aliphatic rings. The normalized spacial score (nSPS) is 16.3. The number of amides is 1. The fourth-order valence-corrected chi connectivity index (χ4v) is 2.35. The molecule has 5 nitrogen and oxygen atoms in total. The maximum Gasteiger partial charge on any atom is 0.255 e. The Morgan fingerprint density at radius 3 is 2.89 bits per heavy atom. The minimum Gasteiger partial charge on any atom is -0.382 e. The Kier molecular flexibility index (Phi) is 4.61. The Balaban J connectivity index is 1.99. The van der Waals surface area contributed by atoms with Crippen LogP contribution in [0.4, 0.5) is 5.82 Å². The average Bonchev–Trinajstić information content (AvgIpc) is 2.42. The molecule has 0 aromatic carbocycles. The molecule has 0 bridgehead atoms. The Morgan fingerprint density at radius 1 is 1.58 bits per heavy atom. The smallest absolute Gasteiger partial charge is 0.255 e. The number of pyridine rings is 1. The second-order valence-corrected chi connectivity index (χ2v) is 5.24. The quantitative estimate of drug-likeness (QED) is 0.919. The molecule has 1 aromatic rings. The molecule has 1 fully saturated rings. The highest BCUT2D eigenvalue weighted by atomic mass is 35.5. The molecule has 1 saturated heterocycles. The van der Waals surface area contributed by atoms with E-state index in [4.69, 9.17) is 22.1 Å². The third-order valence-electron chi connectivity index (χ3n) is 3.34. The van der Waals surface area contributed by atoms with Gasteiger partial charge in [0, 0.05) is 33.0 Å². The number of halogens is 1. The molecule has 1 aliphatic heterocycles. The highest BCUT2D eigenvalue weighted by molar-refractivity contribution is 6.33. The lowest BCUT2D eigenvalue weighted by Crippen LogP contribution is -2.34. The minimum absolute atomic E-state index is 0.0825. The molecule has 0 saturated carbocycles. The maximum atomic E-state index is 12.2. The average molecular weight is 284 g/mol. The molecule has 0 spiro atoms. The summed E-state index contributed by atoms with van der Waals surface area (Å²) in [7, 11) is 1.79. The SMILES string of the molecule is CN(CC1CCOCC1)C(=O)c1cnc(N)c(Cl)c1. The molecule has 2 N–H and O–H groups in total. The van der Waals surface area contributed by atoms with Crippen LogP contribution in [0, 0.1) is 5.92 Å². The van der Waals surface area contributed by atoms with Crippen LogP contribution in [0.3, 0.4) is 0 Å². The monoisotopic (exact) mass is 283 g/mol. The van der Waals surface area contributed by atoms with E-state index in [1.54, 1.807) is 18.0 Å². The van der Waals surface area contributed by atoms with Crippen molar-refractivity contribution in [3.8, 4) is 0 Å². The van der Waals surface area contributed by atoms with Gasteiger partial charge in [0.2, 0.25) is 0 Å². The molecule has 2 rings (SSSR count). The van der Waals surface area contributed by atoms with Gasteiger partial charge in [0.05, 0.1) is 10.6 Å². The second-order valence-electron chi connectivity index (χ2n) is 4.83. The number of ether oxygens (including phenoxy) is 1. The highest BCUT2D eigenvalue weighted by Gasteiger charge is 2.20. The van der Waals surface area contributed by atoms with Crippen molar-refractivity contribution in [2.75, 3.05) is 32.5 Å². The highest BCUT2D eigenvalue weighted by Crippen LogP contribution is 2.19. The summed E-state index contributed by atoms with van der Waals surface area (Å²) in [5, 5.41) is 0.310. The van der Waals surface area contributed by atoms with E-state index in [9.17, 15) is 4.79 Å². The molecular weight excluding hydrogens is 266 g/mol. The predicted octanol–water partition coefficient (Wildman–Crippen LogP) is 1.82. The molecule has 0 aliphatic carbocycles. The number of anilines is 1. The van der Waals surface area contributed by atoms with E-state index < -0.39 is 0 Å². The number of nitrogens with zero attached hydrogens (tertiary/aromatic N) is 2. The summed E-state index contributed by atoms with van der Waals surface area (Å²) in [6.45, 7) is 2.29. The standard InChI is InChI=1S/C13H18ClN3O2/c1-17(8-9-2-4-19-5-3-9)13(18)10-6-11(14)12(15)16-7-10/h6-7,9H,2-5,8H2,1H3,(H2,15,16). The third kappa shape index (κ3) is 3.58. The van der Waals surface area contributed by atoms with Gasteiger partial charge in [-0.15, -0.1) is 0 Å². The van der Waals surface area contributed by atoms with Crippen LogP contribution in [0.15, 0.2) is 12.3 Å². The van der Waals surface area contributed by atoms with Crippen LogP contribution in [-0.2, 0) is 4.74 Å². The second kappa shape index (κ2) is 6.21. The van der Waals surface area contributed by atoms with Crippen LogP contribution >= 0.6 is 11.6 Å². The molecule has 19 heavy (non-hydrogen) atoms. The van der Waals surface area contributed by atoms with Crippen molar-refractivity contribution in [2.45, 2.75) is 12.8 Å². The van der Waals surface area contributed by atoms with Crippen LogP contribution in [0.25, 0.3) is 0 Å². The number of nitrogen functional groups attached to an aromatic ring is 1. The van der Waals surface area contributed by atoms with Crippen molar-refractivity contribution in [1.29, 1.82) is 0 Å². The number of carbonyl (C=O) groups excluding carboxylic acids is 1. The van der Waals surface area contributed by atoms with E-state index >= 15 is 0 Å². The first-order valence-electron chi connectivity index (χ1n) is 6.32. The van der Waals surface area contributed by atoms with Crippen molar-refractivity contribution in [1.82, 2.24) is 9.88 Å². The van der Waals surface area contributed by atoms with E-state index in [0.717, 1.165) is 32.6 Å². The van der Waals surface area contributed by atoms with Gasteiger partial charge in [-0.3, -0.25) is 4.79 Å². The van der Waals surface area contributed by atoms with Gasteiger partial charge in [-0.05, 0) is 24.8 Å². The van der Waals surface area contributed by atoms with Gasteiger partial charge in [0.25, 0.3) is 5.91 Å². The van der Waals surface area contributed by atoms with Gasteiger partial charge in [-0.1, -0.05) is 11.6 Å². The molecule has 0 atom stereocenters. The van der Waals surface area contributed by atoms with E-state index in [-0.39, 0.29) is 11.7 Å². The zero-order valence-corrected chi connectivity index (χ0v) is 11.7. The van der Waals surface area contributed by atoms with E-state index in [1.165, 1.54) is 6.20 Å². The number of carbonyl (C=O) groups is 1. The van der Waals surface area contributed by atoms with Crippen LogP contribution in [0.5, 0.6) is 0 Å². The molecule has 1 amide bonds. The molecule has 0 radical (unpaired) electrons. The van der Waals surface area contributed by atoms with Crippen molar-refractivity contribution in [2.24, 2.45) is 5.92 Å². The largest absolute Gasteiger partial charge is 0.382 e. The van der Waals surface area contributed by atoms with Gasteiger partial charge in [0.1, 0.15) is 5.82 Å². The number of hydrogen-bond acceptors (Lipinski definition) is 4. The van der Waals surface area contributed by atoms with Crippen molar-refractivity contribution in [3.63, 3.8) is 0 Å².